The Morgan fingerprint density at radius 1 is 1.38 bits per heavy atom. The zero-order chi connectivity index (χ0) is 12.6. The van der Waals surface area contributed by atoms with Crippen molar-refractivity contribution in [2.24, 2.45) is 5.92 Å². The Labute approximate surface area is 98.8 Å². The molecular weight excluding hydrogens is 204 g/mol. The lowest BCUT2D eigenvalue weighted by molar-refractivity contribution is -0.126. The maximum atomic E-state index is 11.8. The van der Waals surface area contributed by atoms with Crippen molar-refractivity contribution >= 4 is 5.91 Å². The minimum atomic E-state index is -0.532. The molecule has 0 saturated carbocycles. The van der Waals surface area contributed by atoms with Crippen molar-refractivity contribution in [1.82, 2.24) is 10.6 Å². The lowest BCUT2D eigenvalue weighted by atomic mass is 9.99. The summed E-state index contributed by atoms with van der Waals surface area (Å²) in [7, 11) is 1.77. The van der Waals surface area contributed by atoms with Crippen LogP contribution < -0.4 is 10.6 Å². The molecule has 0 aromatic carbocycles. The molecule has 0 aliphatic rings. The van der Waals surface area contributed by atoms with Gasteiger partial charge >= 0.3 is 0 Å². The van der Waals surface area contributed by atoms with Crippen LogP contribution in [-0.2, 0) is 4.79 Å². The van der Waals surface area contributed by atoms with Gasteiger partial charge in [-0.25, -0.2) is 0 Å². The van der Waals surface area contributed by atoms with E-state index in [9.17, 15) is 4.79 Å². The van der Waals surface area contributed by atoms with Crippen LogP contribution in [0, 0.1) is 5.92 Å². The van der Waals surface area contributed by atoms with E-state index in [-0.39, 0.29) is 12.5 Å². The van der Waals surface area contributed by atoms with E-state index >= 15 is 0 Å². The van der Waals surface area contributed by atoms with Crippen LogP contribution in [0.25, 0.3) is 0 Å². The van der Waals surface area contributed by atoms with Crippen LogP contribution in [0.2, 0.25) is 0 Å². The highest BCUT2D eigenvalue weighted by Crippen LogP contribution is 2.10. The zero-order valence-electron chi connectivity index (χ0n) is 11.0. The Balaban J connectivity index is 4.04. The summed E-state index contributed by atoms with van der Waals surface area (Å²) in [6.45, 7) is 6.66. The molecular formula is C12H26N2O2. The molecule has 0 spiro atoms. The number of aliphatic hydroxyl groups is 1. The predicted octanol–water partition coefficient (Wildman–Crippen LogP) is 0.899. The number of carbonyl (C=O) groups excluding carboxylic acids is 1. The molecule has 1 atom stereocenters. The lowest BCUT2D eigenvalue weighted by Crippen LogP contribution is -2.51. The fourth-order valence-electron chi connectivity index (χ4n) is 1.51. The van der Waals surface area contributed by atoms with Gasteiger partial charge in [-0.05, 0) is 39.7 Å². The van der Waals surface area contributed by atoms with Crippen molar-refractivity contribution in [3.63, 3.8) is 0 Å². The highest BCUT2D eigenvalue weighted by atomic mass is 16.3. The first-order valence-electron chi connectivity index (χ1n) is 6.06. The monoisotopic (exact) mass is 230 g/mol. The standard InChI is InChI=1S/C12H26N2O2/c1-5-6-10(7-8-15)9-14-11(16)12(2,3)13-4/h10,13,15H,5-9H2,1-4H3,(H,14,16). The van der Waals surface area contributed by atoms with Gasteiger partial charge < -0.3 is 15.7 Å². The molecule has 0 aromatic rings. The van der Waals surface area contributed by atoms with Crippen LogP contribution in [0.5, 0.6) is 0 Å². The quantitative estimate of drug-likeness (QED) is 0.580. The molecule has 4 nitrogen and oxygen atoms in total. The molecule has 96 valence electrons. The topological polar surface area (TPSA) is 61.4 Å². The van der Waals surface area contributed by atoms with Gasteiger partial charge in [-0.15, -0.1) is 0 Å². The number of amides is 1. The largest absolute Gasteiger partial charge is 0.396 e. The molecule has 0 radical (unpaired) electrons. The number of hydrogen-bond acceptors (Lipinski definition) is 3. The van der Waals surface area contributed by atoms with E-state index in [4.69, 9.17) is 5.11 Å². The van der Waals surface area contributed by atoms with Crippen LogP contribution >= 0.6 is 0 Å². The zero-order valence-corrected chi connectivity index (χ0v) is 11.0. The maximum absolute atomic E-state index is 11.8. The number of likely N-dealkylation sites (N-methyl/N-ethyl adjacent to an activating group) is 1. The first-order chi connectivity index (χ1) is 7.47. The minimum Gasteiger partial charge on any atom is -0.396 e. The van der Waals surface area contributed by atoms with Crippen molar-refractivity contribution in [1.29, 1.82) is 0 Å². The highest BCUT2D eigenvalue weighted by molar-refractivity contribution is 5.85. The number of carbonyl (C=O) groups is 1. The first kappa shape index (κ1) is 15.4. The van der Waals surface area contributed by atoms with Crippen LogP contribution in [0.15, 0.2) is 0 Å². The molecule has 0 aliphatic carbocycles. The third-order valence-electron chi connectivity index (χ3n) is 2.98. The summed E-state index contributed by atoms with van der Waals surface area (Å²) in [5, 5.41) is 14.8. The fourth-order valence-corrected chi connectivity index (χ4v) is 1.51. The van der Waals surface area contributed by atoms with Gasteiger partial charge in [0.15, 0.2) is 0 Å². The summed E-state index contributed by atoms with van der Waals surface area (Å²) in [6.07, 6.45) is 2.88. The van der Waals surface area contributed by atoms with Crippen molar-refractivity contribution in [2.45, 2.75) is 45.6 Å². The summed E-state index contributed by atoms with van der Waals surface area (Å²) in [4.78, 5) is 11.8. The highest BCUT2D eigenvalue weighted by Gasteiger charge is 2.25. The summed E-state index contributed by atoms with van der Waals surface area (Å²) in [5.41, 5.74) is -0.532. The van der Waals surface area contributed by atoms with Gasteiger partial charge in [0.1, 0.15) is 0 Å². The van der Waals surface area contributed by atoms with Gasteiger partial charge in [-0.3, -0.25) is 4.79 Å². The number of aliphatic hydroxyl groups excluding tert-OH is 1. The van der Waals surface area contributed by atoms with E-state index in [0.717, 1.165) is 19.3 Å². The third-order valence-corrected chi connectivity index (χ3v) is 2.98. The van der Waals surface area contributed by atoms with Crippen molar-refractivity contribution in [2.75, 3.05) is 20.2 Å². The number of nitrogens with one attached hydrogen (secondary N) is 2. The Bertz CT molecular complexity index is 199. The Hall–Kier alpha value is -0.610. The molecule has 4 heteroatoms. The Morgan fingerprint density at radius 2 is 2.00 bits per heavy atom. The first-order valence-corrected chi connectivity index (χ1v) is 6.06. The molecule has 1 unspecified atom stereocenters. The number of rotatable bonds is 8. The average molecular weight is 230 g/mol. The van der Waals surface area contributed by atoms with Crippen LogP contribution in [0.1, 0.15) is 40.0 Å². The van der Waals surface area contributed by atoms with Gasteiger partial charge in [0, 0.05) is 13.2 Å². The lowest BCUT2D eigenvalue weighted by Gasteiger charge is -2.24. The van der Waals surface area contributed by atoms with Gasteiger partial charge in [0.05, 0.1) is 5.54 Å². The molecule has 0 bridgehead atoms. The van der Waals surface area contributed by atoms with Gasteiger partial charge in [-0.1, -0.05) is 13.3 Å². The molecule has 0 rings (SSSR count). The normalized spacial score (nSPS) is 13.6. The SMILES string of the molecule is CCCC(CCO)CNC(=O)C(C)(C)NC. The van der Waals surface area contributed by atoms with E-state index in [1.54, 1.807) is 7.05 Å². The van der Waals surface area contributed by atoms with Crippen LogP contribution in [-0.4, -0.2) is 36.8 Å². The molecule has 0 saturated heterocycles. The van der Waals surface area contributed by atoms with E-state index in [1.165, 1.54) is 0 Å². The fraction of sp³-hybridized carbons (Fsp3) is 0.917. The number of hydrogen-bond donors (Lipinski definition) is 3. The molecule has 0 aromatic heterocycles. The van der Waals surface area contributed by atoms with E-state index < -0.39 is 5.54 Å². The summed E-state index contributed by atoms with van der Waals surface area (Å²) >= 11 is 0. The van der Waals surface area contributed by atoms with Crippen molar-refractivity contribution < 1.29 is 9.90 Å². The van der Waals surface area contributed by atoms with Gasteiger partial charge in [-0.2, -0.15) is 0 Å². The molecule has 16 heavy (non-hydrogen) atoms. The summed E-state index contributed by atoms with van der Waals surface area (Å²) < 4.78 is 0. The van der Waals surface area contributed by atoms with Gasteiger partial charge in [0.2, 0.25) is 5.91 Å². The van der Waals surface area contributed by atoms with E-state index in [2.05, 4.69) is 17.6 Å². The molecule has 0 fully saturated rings. The van der Waals surface area contributed by atoms with Crippen LogP contribution in [0.3, 0.4) is 0 Å². The Kier molecular flexibility index (Phi) is 7.34. The van der Waals surface area contributed by atoms with E-state index in [1.807, 2.05) is 13.8 Å². The van der Waals surface area contributed by atoms with E-state index in [0.29, 0.717) is 12.5 Å². The van der Waals surface area contributed by atoms with Crippen LogP contribution in [0.4, 0.5) is 0 Å². The smallest absolute Gasteiger partial charge is 0.239 e. The van der Waals surface area contributed by atoms with Gasteiger partial charge in [0.25, 0.3) is 0 Å². The molecule has 0 heterocycles. The Morgan fingerprint density at radius 3 is 2.44 bits per heavy atom. The molecule has 1 amide bonds. The van der Waals surface area contributed by atoms with Crippen molar-refractivity contribution in [3.8, 4) is 0 Å². The second-order valence-corrected chi connectivity index (χ2v) is 4.75. The summed E-state index contributed by atoms with van der Waals surface area (Å²) in [5.74, 6) is 0.389. The minimum absolute atomic E-state index is 0.00837. The molecule has 0 aliphatic heterocycles. The molecule has 3 N–H and O–H groups in total. The second kappa shape index (κ2) is 7.63. The average Bonchev–Trinajstić information content (AvgIpc) is 2.26. The predicted molar refractivity (Wildman–Crippen MR) is 66.2 cm³/mol. The maximum Gasteiger partial charge on any atom is 0.239 e. The van der Waals surface area contributed by atoms with Crippen molar-refractivity contribution in [3.05, 3.63) is 0 Å². The summed E-state index contributed by atoms with van der Waals surface area (Å²) in [6, 6.07) is 0. The third kappa shape index (κ3) is 5.47. The second-order valence-electron chi connectivity index (χ2n) is 4.75.